The molecule has 3 unspecified atom stereocenters. The van der Waals surface area contributed by atoms with Gasteiger partial charge in [0.05, 0.1) is 17.1 Å². The molecule has 6 N–H and O–H groups in total. The predicted molar refractivity (Wildman–Crippen MR) is 182 cm³/mol. The fourth-order valence-electron chi connectivity index (χ4n) is 6.58. The molecule has 1 aromatic heterocycles. The number of imide groups is 1. The largest absolute Gasteiger partial charge is 0.370 e. The molecule has 3 atom stereocenters. The number of likely N-dealkylation sites (tertiary alicyclic amines) is 1. The van der Waals surface area contributed by atoms with Crippen LogP contribution >= 0.6 is 0 Å². The van der Waals surface area contributed by atoms with Crippen LogP contribution in [0.4, 0.5) is 8.78 Å². The van der Waals surface area contributed by atoms with Crippen LogP contribution in [-0.2, 0) is 37.4 Å². The lowest BCUT2D eigenvalue weighted by Crippen LogP contribution is -2.54. The van der Waals surface area contributed by atoms with Gasteiger partial charge in [0.25, 0.3) is 0 Å². The maximum absolute atomic E-state index is 13.9. The summed E-state index contributed by atoms with van der Waals surface area (Å²) in [5, 5.41) is 4.94. The quantitative estimate of drug-likeness (QED) is 0.171. The van der Waals surface area contributed by atoms with Crippen LogP contribution in [0.15, 0.2) is 41.2 Å². The number of aryl methyl sites for hydroxylation is 1. The van der Waals surface area contributed by atoms with Gasteiger partial charge < -0.3 is 21.7 Å². The van der Waals surface area contributed by atoms with Gasteiger partial charge in [-0.3, -0.25) is 38.4 Å². The number of aromatic nitrogens is 2. The minimum Gasteiger partial charge on any atom is -0.370 e. The second-order valence-electron chi connectivity index (χ2n) is 13.1. The molecular weight excluding hydrogens is 664 g/mol. The Kier molecular flexibility index (Phi) is 11.7. The number of amides is 5. The number of piperidine rings is 2. The molecule has 0 aliphatic carbocycles. The van der Waals surface area contributed by atoms with Gasteiger partial charge in [0, 0.05) is 51.4 Å². The van der Waals surface area contributed by atoms with Crippen molar-refractivity contribution in [2.24, 2.45) is 24.4 Å². The van der Waals surface area contributed by atoms with Crippen molar-refractivity contribution in [1.82, 2.24) is 24.7 Å². The van der Waals surface area contributed by atoms with Crippen LogP contribution in [0, 0.1) is 29.4 Å². The molecule has 5 rings (SSSR count). The van der Waals surface area contributed by atoms with Crippen molar-refractivity contribution in [3.63, 3.8) is 0 Å². The number of rotatable bonds is 11. The minimum atomic E-state index is -1.09. The maximum Gasteiger partial charge on any atom is 0.329 e. The highest BCUT2D eigenvalue weighted by Crippen LogP contribution is 2.25. The lowest BCUT2D eigenvalue weighted by atomic mass is 9.91. The summed E-state index contributed by atoms with van der Waals surface area (Å²) in [5.74, 6) is 2.07. The molecule has 2 saturated heterocycles. The lowest BCUT2D eigenvalue weighted by molar-refractivity contribution is -0.138. The first-order valence-corrected chi connectivity index (χ1v) is 16.9. The third-order valence-electron chi connectivity index (χ3n) is 9.52. The zero-order valence-electron chi connectivity index (χ0n) is 28.3. The highest BCUT2D eigenvalue weighted by molar-refractivity contribution is 6.00. The van der Waals surface area contributed by atoms with Crippen molar-refractivity contribution < 1.29 is 32.8 Å². The Balaban J connectivity index is 1.17. The molecule has 51 heavy (non-hydrogen) atoms. The van der Waals surface area contributed by atoms with Crippen LogP contribution in [0.5, 0.6) is 0 Å². The molecule has 270 valence electrons. The lowest BCUT2D eigenvalue weighted by Gasteiger charge is -2.34. The SMILES string of the molecule is Cn1c(=O)n(C2CCC(=O)NC2=O)c2ccc(C#CCCC3CCN(C(=O)C(Cc4ccc(F)c(F)c4)NC(=O)C(N)CCC(N)=O)CC3)cc21. The van der Waals surface area contributed by atoms with E-state index in [1.165, 1.54) is 15.2 Å². The van der Waals surface area contributed by atoms with Crippen LogP contribution in [0.2, 0.25) is 0 Å². The molecule has 0 spiro atoms. The summed E-state index contributed by atoms with van der Waals surface area (Å²) in [4.78, 5) is 76.3. The van der Waals surface area contributed by atoms with Crippen molar-refractivity contribution in [2.45, 2.75) is 75.9 Å². The van der Waals surface area contributed by atoms with Gasteiger partial charge in [-0.15, -0.1) is 0 Å². The van der Waals surface area contributed by atoms with Crippen molar-refractivity contribution in [3.8, 4) is 11.8 Å². The van der Waals surface area contributed by atoms with Gasteiger partial charge in [0.15, 0.2) is 11.6 Å². The highest BCUT2D eigenvalue weighted by Gasteiger charge is 2.32. The number of fused-ring (bicyclic) bond motifs is 1. The van der Waals surface area contributed by atoms with Crippen LogP contribution in [0.1, 0.15) is 68.5 Å². The van der Waals surface area contributed by atoms with Gasteiger partial charge in [-0.25, -0.2) is 13.6 Å². The average Bonchev–Trinajstić information content (AvgIpc) is 3.35. The van der Waals surface area contributed by atoms with E-state index in [0.717, 1.165) is 18.6 Å². The predicted octanol–water partition coefficient (Wildman–Crippen LogP) is 1.29. The number of hydrogen-bond acceptors (Lipinski definition) is 7. The molecule has 15 heteroatoms. The van der Waals surface area contributed by atoms with Gasteiger partial charge in [-0.05, 0) is 73.9 Å². The molecule has 3 heterocycles. The molecule has 2 aliphatic rings. The van der Waals surface area contributed by atoms with Crippen molar-refractivity contribution in [1.29, 1.82) is 0 Å². The van der Waals surface area contributed by atoms with E-state index in [4.69, 9.17) is 11.5 Å². The molecule has 2 aliphatic heterocycles. The smallest absolute Gasteiger partial charge is 0.329 e. The standard InChI is InChI=1S/C36H41F2N7O6/c1-43-30-20-22(7-10-28(30)45(36(43)51)29-11-13-32(47)42-34(29)49)5-3-2-4-21-14-16-44(17-15-21)35(50)27(19-23-6-8-24(37)25(38)18-23)41-33(48)26(39)9-12-31(40)46/h6-8,10,18,20-21,26-27,29H,2,4,9,11-17,19,39H2,1H3,(H2,40,46)(H,41,48)(H,42,47,49). The second kappa shape index (κ2) is 16.1. The molecule has 2 aromatic carbocycles. The normalized spacial score (nSPS) is 17.7. The summed E-state index contributed by atoms with van der Waals surface area (Å²) in [6.07, 6.45) is 3.03. The van der Waals surface area contributed by atoms with E-state index in [0.29, 0.717) is 60.4 Å². The van der Waals surface area contributed by atoms with E-state index in [-0.39, 0.29) is 49.6 Å². The Labute approximate surface area is 292 Å². The number of nitrogens with zero attached hydrogens (tertiary/aromatic N) is 3. The Morgan fingerprint density at radius 3 is 2.45 bits per heavy atom. The molecule has 5 amide bonds. The molecule has 13 nitrogen and oxygen atoms in total. The Morgan fingerprint density at radius 1 is 1.02 bits per heavy atom. The second-order valence-corrected chi connectivity index (χ2v) is 13.1. The summed E-state index contributed by atoms with van der Waals surface area (Å²) in [6.45, 7) is 0.868. The number of carbonyl (C=O) groups is 5. The van der Waals surface area contributed by atoms with Crippen LogP contribution in [0.3, 0.4) is 0 Å². The number of benzene rings is 2. The third-order valence-corrected chi connectivity index (χ3v) is 9.52. The zero-order valence-corrected chi connectivity index (χ0v) is 28.3. The molecule has 0 bridgehead atoms. The Bertz CT molecular complexity index is 1970. The van der Waals surface area contributed by atoms with E-state index < -0.39 is 47.5 Å². The van der Waals surface area contributed by atoms with E-state index in [9.17, 15) is 37.5 Å². The third kappa shape index (κ3) is 8.87. The molecular formula is C36H41F2N7O6. The number of imidazole rings is 1. The minimum absolute atomic E-state index is 0.00605. The molecule has 0 saturated carbocycles. The fourth-order valence-corrected chi connectivity index (χ4v) is 6.58. The first-order valence-electron chi connectivity index (χ1n) is 16.9. The van der Waals surface area contributed by atoms with Crippen molar-refractivity contribution in [2.75, 3.05) is 13.1 Å². The first kappa shape index (κ1) is 36.9. The topological polar surface area (TPSA) is 192 Å². The Hall–Kier alpha value is -5.36. The van der Waals surface area contributed by atoms with Gasteiger partial charge in [-0.2, -0.15) is 0 Å². The first-order chi connectivity index (χ1) is 24.3. The van der Waals surface area contributed by atoms with Gasteiger partial charge in [0.1, 0.15) is 12.1 Å². The van der Waals surface area contributed by atoms with Crippen molar-refractivity contribution in [3.05, 3.63) is 69.6 Å². The van der Waals surface area contributed by atoms with E-state index >= 15 is 0 Å². The summed E-state index contributed by atoms with van der Waals surface area (Å²) < 4.78 is 30.4. The number of carbonyl (C=O) groups excluding carboxylic acids is 5. The highest BCUT2D eigenvalue weighted by atomic mass is 19.2. The molecule has 3 aromatic rings. The van der Waals surface area contributed by atoms with E-state index in [2.05, 4.69) is 22.5 Å². The number of nitrogens with two attached hydrogens (primary N) is 2. The maximum atomic E-state index is 13.9. The number of halogens is 2. The van der Waals surface area contributed by atoms with E-state index in [1.807, 2.05) is 0 Å². The molecule has 2 fully saturated rings. The van der Waals surface area contributed by atoms with Crippen LogP contribution < -0.4 is 27.8 Å². The van der Waals surface area contributed by atoms with Crippen molar-refractivity contribution >= 4 is 40.6 Å². The number of hydrogen-bond donors (Lipinski definition) is 4. The average molecular weight is 706 g/mol. The number of nitrogens with one attached hydrogen (secondary N) is 2. The summed E-state index contributed by atoms with van der Waals surface area (Å²) in [5.41, 5.74) is 13.0. The van der Waals surface area contributed by atoms with Gasteiger partial charge in [0.2, 0.25) is 29.5 Å². The van der Waals surface area contributed by atoms with Crippen LogP contribution in [0.25, 0.3) is 11.0 Å². The molecule has 0 radical (unpaired) electrons. The fraction of sp³-hybridized carbons (Fsp3) is 0.444. The van der Waals surface area contributed by atoms with Crippen LogP contribution in [-0.4, -0.2) is 68.7 Å². The van der Waals surface area contributed by atoms with E-state index in [1.54, 1.807) is 30.1 Å². The monoisotopic (exact) mass is 705 g/mol. The van der Waals surface area contributed by atoms with Gasteiger partial charge >= 0.3 is 5.69 Å². The van der Waals surface area contributed by atoms with Gasteiger partial charge in [-0.1, -0.05) is 17.9 Å². The Morgan fingerprint density at radius 2 is 1.76 bits per heavy atom. The number of primary amides is 1. The summed E-state index contributed by atoms with van der Waals surface area (Å²) in [6, 6.07) is 5.72. The summed E-state index contributed by atoms with van der Waals surface area (Å²) >= 11 is 0. The summed E-state index contributed by atoms with van der Waals surface area (Å²) in [7, 11) is 1.63. The zero-order chi connectivity index (χ0) is 36.8.